The Kier molecular flexibility index (Phi) is 7.82. The molecule has 17 heteroatoms. The van der Waals surface area contributed by atoms with E-state index in [2.05, 4.69) is 15.6 Å². The second-order valence-electron chi connectivity index (χ2n) is 8.60. The van der Waals surface area contributed by atoms with Gasteiger partial charge in [-0.15, -0.1) is 11.3 Å². The maximum Gasteiger partial charge on any atom is 0.547 e. The van der Waals surface area contributed by atoms with Gasteiger partial charge in [-0.1, -0.05) is 12.1 Å². The average molecular weight is 558 g/mol. The van der Waals surface area contributed by atoms with Crippen LogP contribution in [-0.4, -0.2) is 93.6 Å². The van der Waals surface area contributed by atoms with Crippen LogP contribution >= 0.6 is 11.3 Å². The highest BCUT2D eigenvalue weighted by Crippen LogP contribution is 2.32. The number of urea groups is 1. The van der Waals surface area contributed by atoms with E-state index in [0.29, 0.717) is 23.3 Å². The van der Waals surface area contributed by atoms with Crippen LogP contribution < -0.4 is 21.0 Å². The summed E-state index contributed by atoms with van der Waals surface area (Å²) in [6.45, 7) is 2.03. The Morgan fingerprint density at radius 2 is 2.05 bits per heavy atom. The molecule has 6 N–H and O–H groups in total. The zero-order chi connectivity index (χ0) is 28.4. The molecule has 0 saturated carbocycles. The number of nitrogens with zero attached hydrogens (tertiary/aromatic N) is 3. The molecule has 3 heterocycles. The van der Waals surface area contributed by atoms with Gasteiger partial charge in [0.15, 0.2) is 17.5 Å². The largest absolute Gasteiger partial charge is 0.547 e. The molecule has 5 amide bonds. The number of amides is 5. The van der Waals surface area contributed by atoms with Crippen molar-refractivity contribution in [2.24, 2.45) is 0 Å². The van der Waals surface area contributed by atoms with Crippen LogP contribution in [0.15, 0.2) is 17.5 Å². The van der Waals surface area contributed by atoms with E-state index in [1.165, 1.54) is 22.4 Å². The first-order valence-electron chi connectivity index (χ1n) is 11.7. The number of nitrogens with two attached hydrogens (primary N) is 1. The summed E-state index contributed by atoms with van der Waals surface area (Å²) in [6, 6.07) is 0.246. The maximum absolute atomic E-state index is 13.3. The predicted molar refractivity (Wildman–Crippen MR) is 135 cm³/mol. The van der Waals surface area contributed by atoms with Crippen LogP contribution in [-0.2, 0) is 20.8 Å². The fourth-order valence-electron chi connectivity index (χ4n) is 4.26. The van der Waals surface area contributed by atoms with Crippen LogP contribution in [0.3, 0.4) is 0 Å². The van der Waals surface area contributed by atoms with E-state index in [1.54, 1.807) is 6.92 Å². The number of hydrogen-bond acceptors (Lipinski definition) is 11. The van der Waals surface area contributed by atoms with E-state index in [0.717, 1.165) is 11.3 Å². The smallest absolute Gasteiger partial charge is 0.534 e. The number of carboxylic acid groups (broad SMARTS) is 1. The third-order valence-electron chi connectivity index (χ3n) is 6.26. The van der Waals surface area contributed by atoms with Crippen LogP contribution in [0.5, 0.6) is 5.75 Å². The Labute approximate surface area is 225 Å². The number of rotatable bonds is 7. The van der Waals surface area contributed by atoms with Crippen molar-refractivity contribution in [3.63, 3.8) is 0 Å². The first kappa shape index (κ1) is 27.5. The number of fused-ring (bicyclic) bond motifs is 1. The molecule has 0 bridgehead atoms. The number of carbonyl (C=O) groups is 6. The number of aromatic carboxylic acids is 1. The molecule has 1 aromatic heterocycles. The van der Waals surface area contributed by atoms with E-state index in [-0.39, 0.29) is 41.6 Å². The number of likely N-dealkylation sites (N-methyl/N-ethyl adjacent to an activating group) is 1. The molecule has 2 aliphatic heterocycles. The van der Waals surface area contributed by atoms with Crippen LogP contribution in [0, 0.1) is 0 Å². The number of carboxylic acids is 1. The maximum atomic E-state index is 13.3. The van der Waals surface area contributed by atoms with Gasteiger partial charge in [-0.25, -0.2) is 14.6 Å². The van der Waals surface area contributed by atoms with Crippen molar-refractivity contribution in [2.75, 3.05) is 25.4 Å². The predicted octanol–water partition coefficient (Wildman–Crippen LogP) is -1.18. The monoisotopic (exact) mass is 558 g/mol. The van der Waals surface area contributed by atoms with E-state index in [1.807, 2.05) is 0 Å². The van der Waals surface area contributed by atoms with Gasteiger partial charge in [0.1, 0.15) is 11.3 Å². The lowest BCUT2D eigenvalue weighted by atomic mass is 9.72. The third-order valence-corrected chi connectivity index (χ3v) is 6.96. The molecule has 204 valence electrons. The minimum Gasteiger partial charge on any atom is -0.534 e. The van der Waals surface area contributed by atoms with Gasteiger partial charge in [-0.2, -0.15) is 0 Å². The fraction of sp³-hybridized carbons (Fsp3) is 0.318. The second-order valence-corrected chi connectivity index (χ2v) is 9.49. The van der Waals surface area contributed by atoms with Gasteiger partial charge in [0.2, 0.25) is 5.91 Å². The van der Waals surface area contributed by atoms with Gasteiger partial charge in [0.25, 0.3) is 0 Å². The molecule has 1 aromatic carbocycles. The van der Waals surface area contributed by atoms with Crippen molar-refractivity contribution in [1.82, 2.24) is 25.4 Å². The van der Waals surface area contributed by atoms with E-state index in [9.17, 15) is 38.9 Å². The number of anilines is 1. The number of hydrogen-bond donors (Lipinski definition) is 5. The number of piperazine rings is 1. The Hall–Kier alpha value is -4.51. The molecule has 15 nitrogen and oxygen atoms in total. The summed E-state index contributed by atoms with van der Waals surface area (Å²) in [5.41, 5.74) is 5.49. The first-order valence-corrected chi connectivity index (χ1v) is 12.5. The topological polar surface area (TPSA) is 222 Å². The van der Waals surface area contributed by atoms with Crippen molar-refractivity contribution >= 4 is 59.6 Å². The van der Waals surface area contributed by atoms with Gasteiger partial charge in [-0.3, -0.25) is 24.1 Å². The molecule has 0 aliphatic carbocycles. The molecule has 2 aromatic rings. The van der Waals surface area contributed by atoms with Crippen molar-refractivity contribution in [1.29, 1.82) is 0 Å². The Balaban J connectivity index is 1.55. The summed E-state index contributed by atoms with van der Waals surface area (Å²) < 4.78 is 5.38. The van der Waals surface area contributed by atoms with Crippen molar-refractivity contribution in [2.45, 2.75) is 25.3 Å². The number of aldehydes is 1. The molecule has 4 rings (SSSR count). The molecule has 0 radical (unpaired) electrons. The molecule has 0 spiro atoms. The lowest BCUT2D eigenvalue weighted by Gasteiger charge is -2.33. The molecule has 1 saturated heterocycles. The number of aromatic nitrogens is 1. The van der Waals surface area contributed by atoms with Crippen LogP contribution in [0.25, 0.3) is 0 Å². The lowest BCUT2D eigenvalue weighted by Crippen LogP contribution is -2.60. The summed E-state index contributed by atoms with van der Waals surface area (Å²) in [5, 5.41) is 26.5. The summed E-state index contributed by atoms with van der Waals surface area (Å²) in [6.07, 6.45) is 0.272. The van der Waals surface area contributed by atoms with Crippen molar-refractivity contribution in [3.05, 3.63) is 39.9 Å². The zero-order valence-corrected chi connectivity index (χ0v) is 21.3. The molecule has 39 heavy (non-hydrogen) atoms. The molecule has 1 unspecified atom stereocenters. The normalized spacial score (nSPS) is 17.7. The van der Waals surface area contributed by atoms with Crippen LogP contribution in [0.2, 0.25) is 0 Å². The van der Waals surface area contributed by atoms with Gasteiger partial charge < -0.3 is 36.1 Å². The quantitative estimate of drug-likeness (QED) is 0.155. The first-order chi connectivity index (χ1) is 18.5. The number of thiazole rings is 1. The standard InChI is InChI=1S/C22H23BN6O9S/c1-2-28-5-6-29(19(33)18(28)32)22(36)27-15(12-9-39-21(24)25-12)17(31)26-13-7-10-3-4-11(8-30)14(20(34)35)16(10)38-23(13)37/h3-4,8-9,13,15,37H,2,5-7H2,1H3,(H2,24,25)(H,26,31)(H,27,36)(H,34,35)/t13-,15?/m0/s1. The Morgan fingerprint density at radius 1 is 1.31 bits per heavy atom. The summed E-state index contributed by atoms with van der Waals surface area (Å²) >= 11 is 0.998. The number of carbonyl (C=O) groups excluding carboxylic acids is 5. The summed E-state index contributed by atoms with van der Waals surface area (Å²) in [4.78, 5) is 79.9. The fourth-order valence-corrected chi connectivity index (χ4v) is 4.85. The van der Waals surface area contributed by atoms with E-state index >= 15 is 0 Å². The third kappa shape index (κ3) is 5.39. The molecular weight excluding hydrogens is 535 g/mol. The lowest BCUT2D eigenvalue weighted by molar-refractivity contribution is -0.153. The number of nitrogens with one attached hydrogen (secondary N) is 2. The minimum atomic E-state index is -1.71. The average Bonchev–Trinajstić information content (AvgIpc) is 3.33. The van der Waals surface area contributed by atoms with Crippen molar-refractivity contribution < 1.29 is 43.6 Å². The highest BCUT2D eigenvalue weighted by Gasteiger charge is 2.41. The molecule has 2 aliphatic rings. The number of nitrogen functional groups attached to an aromatic ring is 1. The second kappa shape index (κ2) is 11.1. The molecule has 2 atom stereocenters. The SMILES string of the molecule is CCN1CCN(C(=O)NC(C(=O)N[C@H]2Cc3ccc(C=O)c(C(=O)O)c3OB2O)c2csc(N)n2)C(=O)C1=O. The van der Waals surface area contributed by atoms with Crippen molar-refractivity contribution in [3.8, 4) is 5.75 Å². The van der Waals surface area contributed by atoms with Gasteiger partial charge in [-0.05, 0) is 18.9 Å². The number of benzene rings is 1. The Morgan fingerprint density at radius 3 is 2.67 bits per heavy atom. The number of imide groups is 1. The Bertz CT molecular complexity index is 1370. The molecular formula is C22H23BN6O9S. The summed E-state index contributed by atoms with van der Waals surface area (Å²) in [5.74, 6) is -5.47. The van der Waals surface area contributed by atoms with Crippen LogP contribution in [0.4, 0.5) is 9.93 Å². The van der Waals surface area contributed by atoms with Gasteiger partial charge in [0, 0.05) is 30.6 Å². The van der Waals surface area contributed by atoms with Gasteiger partial charge >= 0.3 is 30.9 Å². The van der Waals surface area contributed by atoms with E-state index in [4.69, 9.17) is 10.4 Å². The minimum absolute atomic E-state index is 0.0460. The van der Waals surface area contributed by atoms with Crippen LogP contribution in [0.1, 0.15) is 44.9 Å². The van der Waals surface area contributed by atoms with E-state index < -0.39 is 54.4 Å². The summed E-state index contributed by atoms with van der Waals surface area (Å²) in [7, 11) is -1.71. The highest BCUT2D eigenvalue weighted by atomic mass is 32.1. The zero-order valence-electron chi connectivity index (χ0n) is 20.4. The van der Waals surface area contributed by atoms with Gasteiger partial charge in [0.05, 0.1) is 11.6 Å². The highest BCUT2D eigenvalue weighted by molar-refractivity contribution is 7.13. The molecule has 1 fully saturated rings.